The van der Waals surface area contributed by atoms with Gasteiger partial charge in [-0.2, -0.15) is 0 Å². The summed E-state index contributed by atoms with van der Waals surface area (Å²) in [6.07, 6.45) is -0.294. The Hall–Kier alpha value is -1.88. The van der Waals surface area contributed by atoms with Crippen LogP contribution in [0.2, 0.25) is 0 Å². The summed E-state index contributed by atoms with van der Waals surface area (Å²) in [7, 11) is 0. The number of esters is 1. The Labute approximate surface area is 125 Å². The molecule has 0 aliphatic carbocycles. The zero-order valence-electron chi connectivity index (χ0n) is 12.9. The van der Waals surface area contributed by atoms with Gasteiger partial charge in [0, 0.05) is 6.04 Å². The van der Waals surface area contributed by atoms with Crippen molar-refractivity contribution in [2.45, 2.75) is 51.7 Å². The van der Waals surface area contributed by atoms with Crippen molar-refractivity contribution in [1.29, 1.82) is 0 Å². The standard InChI is InChI=1S/C16H23NO4/c1-10-5-7-11(8-6-10)14(12(17)9-13(18)19)15(20)21-16(2,3)4/h5-8,12,14H,9,17H2,1-4H3,(H,18,19)/t12-,14-/m0/s1. The zero-order valence-corrected chi connectivity index (χ0v) is 12.9. The fraction of sp³-hybridized carbons (Fsp3) is 0.500. The molecule has 0 unspecified atom stereocenters. The molecule has 21 heavy (non-hydrogen) atoms. The Balaban J connectivity index is 3.07. The number of rotatable bonds is 5. The number of nitrogens with two attached hydrogens (primary N) is 1. The molecule has 0 heterocycles. The van der Waals surface area contributed by atoms with Gasteiger partial charge in [-0.3, -0.25) is 9.59 Å². The van der Waals surface area contributed by atoms with Gasteiger partial charge in [0.15, 0.2) is 0 Å². The smallest absolute Gasteiger partial charge is 0.315 e. The minimum atomic E-state index is -1.04. The number of carbonyl (C=O) groups excluding carboxylic acids is 1. The minimum absolute atomic E-state index is 0.294. The van der Waals surface area contributed by atoms with Gasteiger partial charge in [-0.15, -0.1) is 0 Å². The molecule has 0 saturated heterocycles. The van der Waals surface area contributed by atoms with E-state index < -0.39 is 29.5 Å². The molecular formula is C16H23NO4. The molecule has 0 spiro atoms. The number of carboxylic acid groups (broad SMARTS) is 1. The molecule has 3 N–H and O–H groups in total. The van der Waals surface area contributed by atoms with Crippen LogP contribution in [0.25, 0.3) is 0 Å². The van der Waals surface area contributed by atoms with Crippen LogP contribution in [0.15, 0.2) is 24.3 Å². The number of aryl methyl sites for hydroxylation is 1. The fourth-order valence-corrected chi connectivity index (χ4v) is 2.02. The highest BCUT2D eigenvalue weighted by Gasteiger charge is 2.32. The molecule has 1 aromatic carbocycles. The maximum Gasteiger partial charge on any atom is 0.315 e. The van der Waals surface area contributed by atoms with Crippen LogP contribution in [0.4, 0.5) is 0 Å². The van der Waals surface area contributed by atoms with Gasteiger partial charge >= 0.3 is 11.9 Å². The highest BCUT2D eigenvalue weighted by molar-refractivity contribution is 5.81. The van der Waals surface area contributed by atoms with Crippen LogP contribution >= 0.6 is 0 Å². The second-order valence-electron chi connectivity index (χ2n) is 6.18. The molecule has 2 atom stereocenters. The maximum atomic E-state index is 12.4. The first-order valence-electron chi connectivity index (χ1n) is 6.87. The van der Waals surface area contributed by atoms with Crippen molar-refractivity contribution in [1.82, 2.24) is 0 Å². The Morgan fingerprint density at radius 2 is 1.76 bits per heavy atom. The van der Waals surface area contributed by atoms with Gasteiger partial charge in [0.2, 0.25) is 0 Å². The van der Waals surface area contributed by atoms with Gasteiger partial charge in [0.05, 0.1) is 12.3 Å². The molecule has 5 heteroatoms. The third kappa shape index (κ3) is 5.55. The quantitative estimate of drug-likeness (QED) is 0.812. The summed E-state index contributed by atoms with van der Waals surface area (Å²) in [5.74, 6) is -2.33. The van der Waals surface area contributed by atoms with Gasteiger partial charge in [-0.1, -0.05) is 29.8 Å². The average molecular weight is 293 g/mol. The Kier molecular flexibility index (Phi) is 5.49. The largest absolute Gasteiger partial charge is 0.481 e. The van der Waals surface area contributed by atoms with E-state index in [0.717, 1.165) is 5.56 Å². The molecule has 1 rings (SSSR count). The summed E-state index contributed by atoms with van der Waals surface area (Å²) in [6.45, 7) is 7.23. The molecule has 5 nitrogen and oxygen atoms in total. The second kappa shape index (κ2) is 6.72. The Morgan fingerprint density at radius 1 is 1.24 bits per heavy atom. The van der Waals surface area contributed by atoms with Crippen molar-refractivity contribution >= 4 is 11.9 Å². The summed E-state index contributed by atoms with van der Waals surface area (Å²) >= 11 is 0. The van der Waals surface area contributed by atoms with Crippen molar-refractivity contribution in [2.24, 2.45) is 5.73 Å². The lowest BCUT2D eigenvalue weighted by Gasteiger charge is -2.27. The number of hydrogen-bond donors (Lipinski definition) is 2. The monoisotopic (exact) mass is 293 g/mol. The van der Waals surface area contributed by atoms with E-state index in [1.807, 2.05) is 19.1 Å². The van der Waals surface area contributed by atoms with E-state index >= 15 is 0 Å². The molecular weight excluding hydrogens is 270 g/mol. The van der Waals surface area contributed by atoms with Gasteiger partial charge in [0.25, 0.3) is 0 Å². The van der Waals surface area contributed by atoms with Crippen LogP contribution < -0.4 is 5.73 Å². The molecule has 0 bridgehead atoms. The van der Waals surface area contributed by atoms with Crippen LogP contribution in [0, 0.1) is 6.92 Å². The van der Waals surface area contributed by atoms with Gasteiger partial charge in [-0.25, -0.2) is 0 Å². The number of ether oxygens (including phenoxy) is 1. The van der Waals surface area contributed by atoms with Crippen LogP contribution in [0.1, 0.15) is 44.2 Å². The molecule has 0 radical (unpaired) electrons. The molecule has 0 aromatic heterocycles. The SMILES string of the molecule is Cc1ccc([C@H](C(=O)OC(C)(C)C)[C@@H](N)CC(=O)O)cc1. The molecule has 0 aliphatic rings. The lowest BCUT2D eigenvalue weighted by atomic mass is 9.89. The zero-order chi connectivity index (χ0) is 16.2. The fourth-order valence-electron chi connectivity index (χ4n) is 2.02. The van der Waals surface area contributed by atoms with E-state index in [9.17, 15) is 9.59 Å². The van der Waals surface area contributed by atoms with Crippen LogP contribution in [0.5, 0.6) is 0 Å². The van der Waals surface area contributed by atoms with E-state index in [4.69, 9.17) is 15.6 Å². The highest BCUT2D eigenvalue weighted by Crippen LogP contribution is 2.25. The Morgan fingerprint density at radius 3 is 2.19 bits per heavy atom. The minimum Gasteiger partial charge on any atom is -0.481 e. The molecule has 0 fully saturated rings. The predicted molar refractivity (Wildman–Crippen MR) is 80.0 cm³/mol. The van der Waals surface area contributed by atoms with E-state index in [1.54, 1.807) is 32.9 Å². The summed E-state index contributed by atoms with van der Waals surface area (Å²) in [5, 5.41) is 8.91. The summed E-state index contributed by atoms with van der Waals surface area (Å²) < 4.78 is 5.38. The van der Waals surface area contributed by atoms with Crippen molar-refractivity contribution in [3.8, 4) is 0 Å². The van der Waals surface area contributed by atoms with Gasteiger partial charge in [0.1, 0.15) is 5.60 Å². The molecule has 1 aromatic rings. The van der Waals surface area contributed by atoms with E-state index in [1.165, 1.54) is 0 Å². The van der Waals surface area contributed by atoms with E-state index in [-0.39, 0.29) is 6.42 Å². The van der Waals surface area contributed by atoms with Crippen molar-refractivity contribution in [3.05, 3.63) is 35.4 Å². The number of carboxylic acids is 1. The topological polar surface area (TPSA) is 89.6 Å². The number of carbonyl (C=O) groups is 2. The van der Waals surface area contributed by atoms with E-state index in [2.05, 4.69) is 0 Å². The Bertz CT molecular complexity index is 502. The summed E-state index contributed by atoms with van der Waals surface area (Å²) in [6, 6.07) is 6.46. The van der Waals surface area contributed by atoms with E-state index in [0.29, 0.717) is 5.56 Å². The predicted octanol–water partition coefficient (Wildman–Crippen LogP) is 2.22. The van der Waals surface area contributed by atoms with Crippen molar-refractivity contribution in [3.63, 3.8) is 0 Å². The maximum absolute atomic E-state index is 12.4. The van der Waals surface area contributed by atoms with Crippen molar-refractivity contribution in [2.75, 3.05) is 0 Å². The first-order valence-corrected chi connectivity index (χ1v) is 6.87. The molecule has 0 saturated carbocycles. The average Bonchev–Trinajstić information content (AvgIpc) is 2.28. The third-order valence-electron chi connectivity index (χ3n) is 2.94. The number of hydrogen-bond acceptors (Lipinski definition) is 4. The highest BCUT2D eigenvalue weighted by atomic mass is 16.6. The second-order valence-corrected chi connectivity index (χ2v) is 6.18. The van der Waals surface area contributed by atoms with Gasteiger partial charge in [-0.05, 0) is 33.3 Å². The first kappa shape index (κ1) is 17.2. The van der Waals surface area contributed by atoms with Crippen LogP contribution in [-0.4, -0.2) is 28.7 Å². The lowest BCUT2D eigenvalue weighted by molar-refractivity contribution is -0.157. The molecule has 0 aliphatic heterocycles. The molecule has 116 valence electrons. The van der Waals surface area contributed by atoms with Crippen molar-refractivity contribution < 1.29 is 19.4 Å². The normalized spacial score (nSPS) is 14.3. The van der Waals surface area contributed by atoms with Gasteiger partial charge < -0.3 is 15.6 Å². The third-order valence-corrected chi connectivity index (χ3v) is 2.94. The lowest BCUT2D eigenvalue weighted by Crippen LogP contribution is -2.39. The number of benzene rings is 1. The summed E-state index contributed by atoms with van der Waals surface area (Å²) in [4.78, 5) is 23.2. The van der Waals surface area contributed by atoms with Crippen LogP contribution in [-0.2, 0) is 14.3 Å². The molecule has 0 amide bonds. The number of aliphatic carboxylic acids is 1. The first-order chi connectivity index (χ1) is 9.60. The summed E-state index contributed by atoms with van der Waals surface area (Å²) in [5.41, 5.74) is 7.00. The van der Waals surface area contributed by atoms with Crippen LogP contribution in [0.3, 0.4) is 0 Å².